The molecule has 0 spiro atoms. The van der Waals surface area contributed by atoms with Crippen LogP contribution in [-0.2, 0) is 9.59 Å². The molecule has 0 saturated heterocycles. The third-order valence-electron chi connectivity index (χ3n) is 1.96. The van der Waals surface area contributed by atoms with Gasteiger partial charge in [0.05, 0.1) is 12.3 Å². The third kappa shape index (κ3) is 3.95. The number of rotatable bonds is 6. The second kappa shape index (κ2) is 5.69. The largest absolute Gasteiger partial charge is 0.481 e. The van der Waals surface area contributed by atoms with Gasteiger partial charge in [-0.2, -0.15) is 0 Å². The SMILES string of the molecule is O=C(O)CC(CNc1ccccn1)C(=O)O. The molecule has 0 fully saturated rings. The zero-order chi connectivity index (χ0) is 12.0. The molecular weight excluding hydrogens is 212 g/mol. The molecule has 86 valence electrons. The van der Waals surface area contributed by atoms with Crippen molar-refractivity contribution in [3.05, 3.63) is 24.4 Å². The molecule has 0 aliphatic carbocycles. The topological polar surface area (TPSA) is 99.5 Å². The van der Waals surface area contributed by atoms with Gasteiger partial charge in [-0.25, -0.2) is 4.98 Å². The number of aromatic nitrogens is 1. The van der Waals surface area contributed by atoms with E-state index in [9.17, 15) is 9.59 Å². The number of carboxylic acid groups (broad SMARTS) is 2. The first-order chi connectivity index (χ1) is 7.59. The molecule has 1 atom stereocenters. The number of nitrogens with zero attached hydrogens (tertiary/aromatic N) is 1. The van der Waals surface area contributed by atoms with Crippen LogP contribution >= 0.6 is 0 Å². The van der Waals surface area contributed by atoms with Crippen molar-refractivity contribution in [3.63, 3.8) is 0 Å². The Morgan fingerprint density at radius 3 is 2.62 bits per heavy atom. The molecule has 0 aromatic carbocycles. The van der Waals surface area contributed by atoms with Crippen LogP contribution in [0.4, 0.5) is 5.82 Å². The molecule has 0 amide bonds. The third-order valence-corrected chi connectivity index (χ3v) is 1.96. The van der Waals surface area contributed by atoms with Gasteiger partial charge in [0.15, 0.2) is 0 Å². The lowest BCUT2D eigenvalue weighted by Gasteiger charge is -2.11. The molecule has 1 rings (SSSR count). The van der Waals surface area contributed by atoms with E-state index in [2.05, 4.69) is 10.3 Å². The summed E-state index contributed by atoms with van der Waals surface area (Å²) >= 11 is 0. The zero-order valence-corrected chi connectivity index (χ0v) is 8.46. The quantitative estimate of drug-likeness (QED) is 0.656. The van der Waals surface area contributed by atoms with E-state index in [1.54, 1.807) is 24.4 Å². The normalized spacial score (nSPS) is 11.8. The number of hydrogen-bond donors (Lipinski definition) is 3. The van der Waals surface area contributed by atoms with Gasteiger partial charge in [-0.3, -0.25) is 9.59 Å². The molecule has 0 aliphatic heterocycles. The maximum absolute atomic E-state index is 10.7. The van der Waals surface area contributed by atoms with Crippen LogP contribution in [0.15, 0.2) is 24.4 Å². The fourth-order valence-electron chi connectivity index (χ4n) is 1.15. The average molecular weight is 224 g/mol. The molecular formula is C10H12N2O4. The van der Waals surface area contributed by atoms with Crippen molar-refractivity contribution >= 4 is 17.8 Å². The number of carboxylic acids is 2. The maximum atomic E-state index is 10.7. The summed E-state index contributed by atoms with van der Waals surface area (Å²) in [7, 11) is 0. The monoisotopic (exact) mass is 224 g/mol. The van der Waals surface area contributed by atoms with E-state index in [4.69, 9.17) is 10.2 Å². The fourth-order valence-corrected chi connectivity index (χ4v) is 1.15. The summed E-state index contributed by atoms with van der Waals surface area (Å²) in [6.45, 7) is 0.0403. The smallest absolute Gasteiger partial charge is 0.308 e. The van der Waals surface area contributed by atoms with Crippen LogP contribution < -0.4 is 5.32 Å². The van der Waals surface area contributed by atoms with Gasteiger partial charge in [0.1, 0.15) is 5.82 Å². The maximum Gasteiger partial charge on any atom is 0.308 e. The number of carbonyl (C=O) groups is 2. The molecule has 0 saturated carbocycles. The second-order valence-electron chi connectivity index (χ2n) is 3.23. The molecule has 16 heavy (non-hydrogen) atoms. The van der Waals surface area contributed by atoms with Crippen LogP contribution in [0, 0.1) is 5.92 Å². The minimum absolute atomic E-state index is 0.0403. The van der Waals surface area contributed by atoms with Crippen LogP contribution in [0.1, 0.15) is 6.42 Å². The van der Waals surface area contributed by atoms with E-state index in [1.807, 2.05) is 0 Å². The van der Waals surface area contributed by atoms with Crippen molar-refractivity contribution in [1.29, 1.82) is 0 Å². The number of aliphatic carboxylic acids is 2. The van der Waals surface area contributed by atoms with Crippen LogP contribution in [0.2, 0.25) is 0 Å². The molecule has 0 aliphatic rings. The molecule has 1 heterocycles. The van der Waals surface area contributed by atoms with E-state index in [1.165, 1.54) is 0 Å². The Morgan fingerprint density at radius 1 is 1.38 bits per heavy atom. The second-order valence-corrected chi connectivity index (χ2v) is 3.23. The summed E-state index contributed by atoms with van der Waals surface area (Å²) in [6, 6.07) is 5.17. The van der Waals surface area contributed by atoms with Crippen molar-refractivity contribution in [2.24, 2.45) is 5.92 Å². The molecule has 0 radical (unpaired) electrons. The minimum atomic E-state index is -1.13. The van der Waals surface area contributed by atoms with E-state index in [0.717, 1.165) is 0 Å². The van der Waals surface area contributed by atoms with Gasteiger partial charge >= 0.3 is 11.9 Å². The summed E-state index contributed by atoms with van der Waals surface area (Å²) in [4.78, 5) is 25.1. The summed E-state index contributed by atoms with van der Waals surface area (Å²) in [6.07, 6.45) is 1.16. The lowest BCUT2D eigenvalue weighted by Crippen LogP contribution is -2.25. The molecule has 6 nitrogen and oxygen atoms in total. The van der Waals surface area contributed by atoms with E-state index < -0.39 is 24.3 Å². The highest BCUT2D eigenvalue weighted by atomic mass is 16.4. The Hall–Kier alpha value is -2.11. The van der Waals surface area contributed by atoms with Crippen molar-refractivity contribution < 1.29 is 19.8 Å². The van der Waals surface area contributed by atoms with Crippen molar-refractivity contribution in [1.82, 2.24) is 4.98 Å². The van der Waals surface area contributed by atoms with Crippen LogP contribution in [0.25, 0.3) is 0 Å². The minimum Gasteiger partial charge on any atom is -0.481 e. The molecule has 3 N–H and O–H groups in total. The van der Waals surface area contributed by atoms with E-state index in [-0.39, 0.29) is 6.54 Å². The predicted octanol–water partition coefficient (Wildman–Crippen LogP) is 0.669. The summed E-state index contributed by atoms with van der Waals surface area (Å²) in [5, 5.41) is 20.1. The van der Waals surface area contributed by atoms with Crippen LogP contribution in [0.3, 0.4) is 0 Å². The van der Waals surface area contributed by atoms with Crippen LogP contribution in [-0.4, -0.2) is 33.7 Å². The Morgan fingerprint density at radius 2 is 2.12 bits per heavy atom. The van der Waals surface area contributed by atoms with Crippen LogP contribution in [0.5, 0.6) is 0 Å². The number of nitrogens with one attached hydrogen (secondary N) is 1. The first kappa shape index (κ1) is 12.0. The van der Waals surface area contributed by atoms with Crippen molar-refractivity contribution in [2.45, 2.75) is 6.42 Å². The predicted molar refractivity (Wildman–Crippen MR) is 56.1 cm³/mol. The zero-order valence-electron chi connectivity index (χ0n) is 8.46. The lowest BCUT2D eigenvalue weighted by molar-refractivity contribution is -0.147. The summed E-state index contributed by atoms with van der Waals surface area (Å²) in [5.74, 6) is -2.69. The van der Waals surface area contributed by atoms with Crippen molar-refractivity contribution in [3.8, 4) is 0 Å². The van der Waals surface area contributed by atoms with Gasteiger partial charge in [0.2, 0.25) is 0 Å². The number of anilines is 1. The highest BCUT2D eigenvalue weighted by molar-refractivity contribution is 5.78. The van der Waals surface area contributed by atoms with Gasteiger partial charge in [0, 0.05) is 12.7 Å². The van der Waals surface area contributed by atoms with E-state index >= 15 is 0 Å². The molecule has 1 unspecified atom stereocenters. The van der Waals surface area contributed by atoms with Gasteiger partial charge < -0.3 is 15.5 Å². The average Bonchev–Trinajstić information content (AvgIpc) is 2.25. The molecule has 6 heteroatoms. The van der Waals surface area contributed by atoms with E-state index in [0.29, 0.717) is 5.82 Å². The number of hydrogen-bond acceptors (Lipinski definition) is 4. The molecule has 0 bridgehead atoms. The summed E-state index contributed by atoms with van der Waals surface area (Å²) in [5.41, 5.74) is 0. The van der Waals surface area contributed by atoms with Gasteiger partial charge in [-0.05, 0) is 12.1 Å². The molecule has 1 aromatic heterocycles. The highest BCUT2D eigenvalue weighted by Crippen LogP contribution is 2.06. The standard InChI is InChI=1S/C10H12N2O4/c13-9(14)5-7(10(15)16)6-12-8-3-1-2-4-11-8/h1-4,7H,5-6H2,(H,11,12)(H,13,14)(H,15,16). The van der Waals surface area contributed by atoms with Gasteiger partial charge in [-0.1, -0.05) is 6.07 Å². The Balaban J connectivity index is 2.50. The first-order valence-corrected chi connectivity index (χ1v) is 4.69. The van der Waals surface area contributed by atoms with Gasteiger partial charge in [-0.15, -0.1) is 0 Å². The Labute approximate surface area is 91.9 Å². The van der Waals surface area contributed by atoms with Crippen molar-refractivity contribution in [2.75, 3.05) is 11.9 Å². The first-order valence-electron chi connectivity index (χ1n) is 4.69. The Kier molecular flexibility index (Phi) is 4.26. The Bertz CT molecular complexity index is 366. The number of pyridine rings is 1. The highest BCUT2D eigenvalue weighted by Gasteiger charge is 2.20. The van der Waals surface area contributed by atoms with Gasteiger partial charge in [0.25, 0.3) is 0 Å². The fraction of sp³-hybridized carbons (Fsp3) is 0.300. The lowest BCUT2D eigenvalue weighted by atomic mass is 10.1. The molecule has 1 aromatic rings. The summed E-state index contributed by atoms with van der Waals surface area (Å²) < 4.78 is 0.